The number of carbonyl (C=O) groups is 1. The van der Waals surface area contributed by atoms with Crippen molar-refractivity contribution in [3.05, 3.63) is 23.9 Å². The summed E-state index contributed by atoms with van der Waals surface area (Å²) in [4.78, 5) is 21.4. The van der Waals surface area contributed by atoms with E-state index >= 15 is 0 Å². The SMILES string of the molecule is CN(C(=O)NCc1ccc(N2CCCCCC2)nc1)C1CCCCCC1. The lowest BCUT2D eigenvalue weighted by molar-refractivity contribution is 0.183. The fraction of sp³-hybridized carbons (Fsp3) is 0.714. The predicted octanol–water partition coefficient (Wildman–Crippen LogP) is 4.33. The van der Waals surface area contributed by atoms with Crippen molar-refractivity contribution in [1.82, 2.24) is 15.2 Å². The summed E-state index contributed by atoms with van der Waals surface area (Å²) in [5.74, 6) is 1.07. The molecule has 0 atom stereocenters. The molecule has 2 heterocycles. The van der Waals surface area contributed by atoms with Gasteiger partial charge in [-0.3, -0.25) is 0 Å². The van der Waals surface area contributed by atoms with Gasteiger partial charge in [-0.1, -0.05) is 44.6 Å². The Morgan fingerprint density at radius 2 is 1.73 bits per heavy atom. The number of anilines is 1. The Labute approximate surface area is 158 Å². The van der Waals surface area contributed by atoms with Crippen molar-refractivity contribution in [1.29, 1.82) is 0 Å². The summed E-state index contributed by atoms with van der Waals surface area (Å²) in [5.41, 5.74) is 1.06. The van der Waals surface area contributed by atoms with Gasteiger partial charge >= 0.3 is 6.03 Å². The highest BCUT2D eigenvalue weighted by molar-refractivity contribution is 5.74. The molecule has 1 saturated heterocycles. The third-order valence-electron chi connectivity index (χ3n) is 5.88. The molecule has 0 radical (unpaired) electrons. The van der Waals surface area contributed by atoms with Gasteiger partial charge in [0.25, 0.3) is 0 Å². The smallest absolute Gasteiger partial charge is 0.317 e. The Morgan fingerprint density at radius 1 is 1.08 bits per heavy atom. The quantitative estimate of drug-likeness (QED) is 0.815. The van der Waals surface area contributed by atoms with E-state index in [1.165, 1.54) is 51.4 Å². The topological polar surface area (TPSA) is 48.5 Å². The third kappa shape index (κ3) is 5.36. The summed E-state index contributed by atoms with van der Waals surface area (Å²) in [6.07, 6.45) is 14.4. The number of hydrogen-bond acceptors (Lipinski definition) is 3. The molecule has 0 unspecified atom stereocenters. The van der Waals surface area contributed by atoms with Crippen LogP contribution in [0.4, 0.5) is 10.6 Å². The van der Waals surface area contributed by atoms with E-state index in [0.717, 1.165) is 37.3 Å². The molecule has 1 aromatic heterocycles. The van der Waals surface area contributed by atoms with Crippen LogP contribution in [0.3, 0.4) is 0 Å². The average Bonchev–Trinajstić information content (AvgIpc) is 3.11. The van der Waals surface area contributed by atoms with Gasteiger partial charge < -0.3 is 15.1 Å². The van der Waals surface area contributed by atoms with Crippen molar-refractivity contribution in [2.24, 2.45) is 0 Å². The van der Waals surface area contributed by atoms with Crippen LogP contribution in [0.15, 0.2) is 18.3 Å². The number of hydrogen-bond donors (Lipinski definition) is 1. The van der Waals surface area contributed by atoms with Crippen LogP contribution in [0.5, 0.6) is 0 Å². The second-order valence-electron chi connectivity index (χ2n) is 7.84. The van der Waals surface area contributed by atoms with Crippen LogP contribution in [0, 0.1) is 0 Å². The van der Waals surface area contributed by atoms with Gasteiger partial charge in [0.05, 0.1) is 0 Å². The number of rotatable bonds is 4. The van der Waals surface area contributed by atoms with Crippen LogP contribution in [-0.4, -0.2) is 42.1 Å². The maximum absolute atomic E-state index is 12.5. The summed E-state index contributed by atoms with van der Waals surface area (Å²) in [5, 5.41) is 3.06. The minimum Gasteiger partial charge on any atom is -0.357 e. The van der Waals surface area contributed by atoms with Crippen LogP contribution in [0.2, 0.25) is 0 Å². The molecular weight excluding hydrogens is 324 g/mol. The molecule has 2 amide bonds. The molecule has 5 nitrogen and oxygen atoms in total. The summed E-state index contributed by atoms with van der Waals surface area (Å²) in [6.45, 7) is 2.76. The molecule has 2 aliphatic rings. The zero-order chi connectivity index (χ0) is 18.2. The number of nitrogens with zero attached hydrogens (tertiary/aromatic N) is 3. The number of amides is 2. The largest absolute Gasteiger partial charge is 0.357 e. The minimum absolute atomic E-state index is 0.0356. The Morgan fingerprint density at radius 3 is 2.35 bits per heavy atom. The first-order valence-corrected chi connectivity index (χ1v) is 10.4. The Kier molecular flexibility index (Phi) is 7.15. The second kappa shape index (κ2) is 9.79. The van der Waals surface area contributed by atoms with Gasteiger partial charge in [-0.2, -0.15) is 0 Å². The lowest BCUT2D eigenvalue weighted by Crippen LogP contribution is -2.43. The molecule has 5 heteroatoms. The van der Waals surface area contributed by atoms with Gasteiger partial charge in [0, 0.05) is 38.9 Å². The number of nitrogens with one attached hydrogen (secondary N) is 1. The van der Waals surface area contributed by atoms with E-state index in [9.17, 15) is 4.79 Å². The molecule has 0 bridgehead atoms. The highest BCUT2D eigenvalue weighted by atomic mass is 16.2. The van der Waals surface area contributed by atoms with Gasteiger partial charge in [-0.25, -0.2) is 9.78 Å². The number of aromatic nitrogens is 1. The molecule has 144 valence electrons. The first-order chi connectivity index (χ1) is 12.7. The Bertz CT molecular complexity index is 544. The molecule has 1 aromatic rings. The van der Waals surface area contributed by atoms with Crippen LogP contribution < -0.4 is 10.2 Å². The van der Waals surface area contributed by atoms with Crippen molar-refractivity contribution in [2.45, 2.75) is 76.8 Å². The normalized spacial score (nSPS) is 19.5. The summed E-state index contributed by atoms with van der Waals surface area (Å²) >= 11 is 0. The van der Waals surface area contributed by atoms with E-state index in [1.54, 1.807) is 0 Å². The summed E-state index contributed by atoms with van der Waals surface area (Å²) in [7, 11) is 1.94. The zero-order valence-corrected chi connectivity index (χ0v) is 16.3. The lowest BCUT2D eigenvalue weighted by atomic mass is 10.1. The molecule has 1 aliphatic heterocycles. The monoisotopic (exact) mass is 358 g/mol. The molecule has 1 N–H and O–H groups in total. The average molecular weight is 359 g/mol. The molecule has 1 aliphatic carbocycles. The fourth-order valence-electron chi connectivity index (χ4n) is 4.12. The van der Waals surface area contributed by atoms with Crippen LogP contribution in [0.25, 0.3) is 0 Å². The van der Waals surface area contributed by atoms with Crippen molar-refractivity contribution in [3.63, 3.8) is 0 Å². The third-order valence-corrected chi connectivity index (χ3v) is 5.88. The van der Waals surface area contributed by atoms with Crippen molar-refractivity contribution in [2.75, 3.05) is 25.0 Å². The first kappa shape index (κ1) is 19.0. The molecule has 3 rings (SSSR count). The fourth-order valence-corrected chi connectivity index (χ4v) is 4.12. The highest BCUT2D eigenvalue weighted by Crippen LogP contribution is 2.21. The van der Waals surface area contributed by atoms with Crippen LogP contribution in [0.1, 0.15) is 69.8 Å². The number of carbonyl (C=O) groups excluding carboxylic acids is 1. The van der Waals surface area contributed by atoms with Crippen molar-refractivity contribution >= 4 is 11.8 Å². The van der Waals surface area contributed by atoms with Gasteiger partial charge in [0.2, 0.25) is 0 Å². The van der Waals surface area contributed by atoms with E-state index in [4.69, 9.17) is 0 Å². The summed E-state index contributed by atoms with van der Waals surface area (Å²) < 4.78 is 0. The summed E-state index contributed by atoms with van der Waals surface area (Å²) in [6, 6.07) is 4.62. The van der Waals surface area contributed by atoms with Gasteiger partial charge in [-0.15, -0.1) is 0 Å². The zero-order valence-electron chi connectivity index (χ0n) is 16.3. The van der Waals surface area contributed by atoms with Crippen LogP contribution in [-0.2, 0) is 6.54 Å². The maximum atomic E-state index is 12.5. The first-order valence-electron chi connectivity index (χ1n) is 10.4. The highest BCUT2D eigenvalue weighted by Gasteiger charge is 2.20. The molecule has 1 saturated carbocycles. The van der Waals surface area contributed by atoms with E-state index in [2.05, 4.69) is 27.3 Å². The van der Waals surface area contributed by atoms with Crippen molar-refractivity contribution < 1.29 is 4.79 Å². The van der Waals surface area contributed by atoms with E-state index in [0.29, 0.717) is 12.6 Å². The molecule has 2 fully saturated rings. The van der Waals surface area contributed by atoms with E-state index in [1.807, 2.05) is 18.1 Å². The van der Waals surface area contributed by atoms with E-state index < -0.39 is 0 Å². The minimum atomic E-state index is 0.0356. The molecule has 26 heavy (non-hydrogen) atoms. The standard InChI is InChI=1S/C21H34N4O/c1-24(19-10-6-2-3-7-11-19)21(26)23-17-18-12-13-20(22-16-18)25-14-8-4-5-9-15-25/h12-13,16,19H,2-11,14-15,17H2,1H3,(H,23,26). The predicted molar refractivity (Wildman–Crippen MR) is 106 cm³/mol. The second-order valence-corrected chi connectivity index (χ2v) is 7.84. The molecular formula is C21H34N4O. The van der Waals surface area contributed by atoms with Crippen molar-refractivity contribution in [3.8, 4) is 0 Å². The lowest BCUT2D eigenvalue weighted by Gasteiger charge is -2.27. The maximum Gasteiger partial charge on any atom is 0.317 e. The Hall–Kier alpha value is -1.78. The van der Waals surface area contributed by atoms with Crippen LogP contribution >= 0.6 is 0 Å². The van der Waals surface area contributed by atoms with Gasteiger partial charge in [0.15, 0.2) is 0 Å². The number of pyridine rings is 1. The molecule has 0 spiro atoms. The Balaban J connectivity index is 1.48. The van der Waals surface area contributed by atoms with Gasteiger partial charge in [-0.05, 0) is 37.3 Å². The van der Waals surface area contributed by atoms with E-state index in [-0.39, 0.29) is 6.03 Å². The molecule has 0 aromatic carbocycles. The number of urea groups is 1. The van der Waals surface area contributed by atoms with Gasteiger partial charge in [0.1, 0.15) is 5.82 Å².